The average Bonchev–Trinajstić information content (AvgIpc) is 2.52. The van der Waals surface area contributed by atoms with Crippen molar-refractivity contribution in [2.75, 3.05) is 26.1 Å². The molecule has 1 aromatic carbocycles. The number of benzene rings is 1. The summed E-state index contributed by atoms with van der Waals surface area (Å²) in [5.41, 5.74) is 1.89. The molecule has 3 N–H and O–H groups in total. The van der Waals surface area contributed by atoms with Gasteiger partial charge in [0.15, 0.2) is 5.96 Å². The molecule has 0 fully saturated rings. The molecule has 1 amide bonds. The summed E-state index contributed by atoms with van der Waals surface area (Å²) in [7, 11) is 3.41. The second-order valence-electron chi connectivity index (χ2n) is 5.43. The molecule has 0 heterocycles. The molecule has 7 heteroatoms. The smallest absolute Gasteiger partial charge is 0.224 e. The number of aliphatic imine (C=N–C) groups is 1. The highest BCUT2D eigenvalue weighted by Crippen LogP contribution is 2.11. The number of hydrogen-bond acceptors (Lipinski definition) is 3. The van der Waals surface area contributed by atoms with Crippen LogP contribution >= 0.6 is 24.0 Å². The van der Waals surface area contributed by atoms with E-state index in [1.54, 1.807) is 14.2 Å². The van der Waals surface area contributed by atoms with Crippen LogP contribution in [0.25, 0.3) is 0 Å². The molecule has 24 heavy (non-hydrogen) atoms. The van der Waals surface area contributed by atoms with Crippen LogP contribution in [0.15, 0.2) is 29.3 Å². The first-order valence-electron chi connectivity index (χ1n) is 7.94. The molecule has 1 unspecified atom stereocenters. The van der Waals surface area contributed by atoms with Crippen LogP contribution in [0.5, 0.6) is 0 Å². The summed E-state index contributed by atoms with van der Waals surface area (Å²) in [5.74, 6) is 0.762. The molecular weight excluding hydrogens is 419 g/mol. The number of nitrogens with zero attached hydrogens (tertiary/aromatic N) is 1. The number of carbonyl (C=O) groups is 1. The number of nitrogens with one attached hydrogen (secondary N) is 3. The van der Waals surface area contributed by atoms with Gasteiger partial charge in [0, 0.05) is 38.9 Å². The third-order valence-electron chi connectivity index (χ3n) is 3.17. The molecular formula is C17H29IN4O2. The van der Waals surface area contributed by atoms with Crippen molar-refractivity contribution in [2.45, 2.75) is 39.3 Å². The largest absolute Gasteiger partial charge is 0.383 e. The van der Waals surface area contributed by atoms with E-state index in [0.717, 1.165) is 23.6 Å². The summed E-state index contributed by atoms with van der Waals surface area (Å²) >= 11 is 0. The molecule has 0 saturated heterocycles. The quantitative estimate of drug-likeness (QED) is 0.325. The lowest BCUT2D eigenvalue weighted by Gasteiger charge is -2.17. The van der Waals surface area contributed by atoms with Crippen LogP contribution in [0, 0.1) is 0 Å². The predicted molar refractivity (Wildman–Crippen MR) is 110 cm³/mol. The molecule has 0 aliphatic heterocycles. The van der Waals surface area contributed by atoms with Crippen molar-refractivity contribution in [1.29, 1.82) is 0 Å². The van der Waals surface area contributed by atoms with Crippen LogP contribution in [0.3, 0.4) is 0 Å². The van der Waals surface area contributed by atoms with Gasteiger partial charge in [0.05, 0.1) is 6.61 Å². The van der Waals surface area contributed by atoms with Crippen molar-refractivity contribution < 1.29 is 9.53 Å². The number of anilines is 1. The zero-order valence-corrected chi connectivity index (χ0v) is 17.2. The van der Waals surface area contributed by atoms with E-state index in [0.29, 0.717) is 19.6 Å². The fourth-order valence-corrected chi connectivity index (χ4v) is 2.12. The highest BCUT2D eigenvalue weighted by Gasteiger charge is 2.05. The Balaban J connectivity index is 0.00000529. The van der Waals surface area contributed by atoms with Crippen LogP contribution in [0.4, 0.5) is 5.69 Å². The SMILES string of the molecule is CCCC(=O)Nc1cccc(CNC(=NC)NC(C)COC)c1.I. The van der Waals surface area contributed by atoms with E-state index in [-0.39, 0.29) is 35.9 Å². The molecule has 1 rings (SSSR count). The lowest BCUT2D eigenvalue weighted by Crippen LogP contribution is -2.43. The van der Waals surface area contributed by atoms with Gasteiger partial charge in [0.25, 0.3) is 0 Å². The molecule has 0 bridgehead atoms. The van der Waals surface area contributed by atoms with Crippen molar-refractivity contribution in [3.8, 4) is 0 Å². The lowest BCUT2D eigenvalue weighted by molar-refractivity contribution is -0.116. The highest BCUT2D eigenvalue weighted by atomic mass is 127. The van der Waals surface area contributed by atoms with Gasteiger partial charge in [-0.1, -0.05) is 19.1 Å². The van der Waals surface area contributed by atoms with Crippen LogP contribution in [0.2, 0.25) is 0 Å². The number of ether oxygens (including phenoxy) is 1. The van der Waals surface area contributed by atoms with Gasteiger partial charge in [-0.3, -0.25) is 9.79 Å². The Morgan fingerprint density at radius 2 is 2.12 bits per heavy atom. The molecule has 0 spiro atoms. The van der Waals surface area contributed by atoms with Gasteiger partial charge in [-0.05, 0) is 31.0 Å². The monoisotopic (exact) mass is 448 g/mol. The van der Waals surface area contributed by atoms with Crippen molar-refractivity contribution in [1.82, 2.24) is 10.6 Å². The minimum atomic E-state index is 0. The van der Waals surface area contributed by atoms with Gasteiger partial charge in [-0.25, -0.2) is 0 Å². The zero-order valence-electron chi connectivity index (χ0n) is 14.9. The number of carbonyl (C=O) groups excluding carboxylic acids is 1. The number of hydrogen-bond donors (Lipinski definition) is 3. The normalized spacial score (nSPS) is 12.1. The van der Waals surface area contributed by atoms with Gasteiger partial charge in [-0.15, -0.1) is 24.0 Å². The van der Waals surface area contributed by atoms with Gasteiger partial charge in [0.2, 0.25) is 5.91 Å². The van der Waals surface area contributed by atoms with Gasteiger partial charge in [0.1, 0.15) is 0 Å². The maximum atomic E-state index is 11.7. The molecule has 0 radical (unpaired) electrons. The maximum Gasteiger partial charge on any atom is 0.224 e. The standard InChI is InChI=1S/C17H28N4O2.HI/c1-5-7-16(22)21-15-9-6-8-14(10-15)11-19-17(18-3)20-13(2)12-23-4;/h6,8-10,13H,5,7,11-12H2,1-4H3,(H,21,22)(H2,18,19,20);1H. The van der Waals surface area contributed by atoms with Crippen molar-refractivity contribution >= 4 is 41.5 Å². The zero-order chi connectivity index (χ0) is 17.1. The van der Waals surface area contributed by atoms with Crippen molar-refractivity contribution in [3.63, 3.8) is 0 Å². The molecule has 1 atom stereocenters. The molecule has 1 aromatic rings. The van der Waals surface area contributed by atoms with Gasteiger partial charge >= 0.3 is 0 Å². The number of rotatable bonds is 8. The topological polar surface area (TPSA) is 74.8 Å². The first-order chi connectivity index (χ1) is 11.1. The number of methoxy groups -OCH3 is 1. The maximum absolute atomic E-state index is 11.7. The number of guanidine groups is 1. The summed E-state index contributed by atoms with van der Waals surface area (Å²) in [6.45, 7) is 5.25. The Labute approximate surface area is 161 Å². The minimum Gasteiger partial charge on any atom is -0.383 e. The first kappa shape index (κ1) is 22.6. The van der Waals surface area contributed by atoms with E-state index in [4.69, 9.17) is 4.74 Å². The van der Waals surface area contributed by atoms with Crippen LogP contribution in [-0.4, -0.2) is 38.7 Å². The Hall–Kier alpha value is -1.35. The van der Waals surface area contributed by atoms with E-state index in [2.05, 4.69) is 20.9 Å². The lowest BCUT2D eigenvalue weighted by atomic mass is 10.2. The Kier molecular flexibility index (Phi) is 12.3. The van der Waals surface area contributed by atoms with Gasteiger partial charge < -0.3 is 20.7 Å². The van der Waals surface area contributed by atoms with Crippen LogP contribution < -0.4 is 16.0 Å². The van der Waals surface area contributed by atoms with E-state index < -0.39 is 0 Å². The highest BCUT2D eigenvalue weighted by molar-refractivity contribution is 14.0. The summed E-state index contributed by atoms with van der Waals surface area (Å²) in [4.78, 5) is 15.8. The second-order valence-corrected chi connectivity index (χ2v) is 5.43. The molecule has 0 aliphatic rings. The fourth-order valence-electron chi connectivity index (χ4n) is 2.12. The first-order valence-corrected chi connectivity index (χ1v) is 7.94. The molecule has 0 aromatic heterocycles. The molecule has 136 valence electrons. The predicted octanol–water partition coefficient (Wildman–Crippen LogP) is 2.74. The second kappa shape index (κ2) is 13.0. The summed E-state index contributed by atoms with van der Waals surface area (Å²) < 4.78 is 5.10. The summed E-state index contributed by atoms with van der Waals surface area (Å²) in [6, 6.07) is 7.97. The number of amides is 1. The van der Waals surface area contributed by atoms with E-state index in [1.807, 2.05) is 38.1 Å². The van der Waals surface area contributed by atoms with Crippen molar-refractivity contribution in [2.24, 2.45) is 4.99 Å². The van der Waals surface area contributed by atoms with E-state index >= 15 is 0 Å². The number of halogens is 1. The Morgan fingerprint density at radius 3 is 2.75 bits per heavy atom. The van der Waals surface area contributed by atoms with Crippen LogP contribution in [-0.2, 0) is 16.1 Å². The summed E-state index contributed by atoms with van der Waals surface area (Å²) in [6.07, 6.45) is 1.38. The molecule has 6 nitrogen and oxygen atoms in total. The minimum absolute atomic E-state index is 0. The van der Waals surface area contributed by atoms with Crippen LogP contribution in [0.1, 0.15) is 32.3 Å². The third-order valence-corrected chi connectivity index (χ3v) is 3.17. The fraction of sp³-hybridized carbons (Fsp3) is 0.529. The molecule has 0 saturated carbocycles. The average molecular weight is 448 g/mol. The Morgan fingerprint density at radius 1 is 1.38 bits per heavy atom. The van der Waals surface area contributed by atoms with Gasteiger partial charge in [-0.2, -0.15) is 0 Å². The Bertz CT molecular complexity index is 523. The molecule has 0 aliphatic carbocycles. The van der Waals surface area contributed by atoms with E-state index in [9.17, 15) is 4.79 Å². The van der Waals surface area contributed by atoms with E-state index in [1.165, 1.54) is 0 Å². The summed E-state index contributed by atoms with van der Waals surface area (Å²) in [5, 5.41) is 9.40. The third kappa shape index (κ3) is 9.07. The van der Waals surface area contributed by atoms with Crippen molar-refractivity contribution in [3.05, 3.63) is 29.8 Å².